The van der Waals surface area contributed by atoms with Gasteiger partial charge in [-0.2, -0.15) is 0 Å². The fourth-order valence-corrected chi connectivity index (χ4v) is 3.12. The average Bonchev–Trinajstić information content (AvgIpc) is 2.79. The summed E-state index contributed by atoms with van der Waals surface area (Å²) in [7, 11) is 14.6. The average molecular weight is 336 g/mol. The highest BCUT2D eigenvalue weighted by Gasteiger charge is 2.43. The van der Waals surface area contributed by atoms with E-state index in [0.29, 0.717) is 10.9 Å². The largest absolute Gasteiger partial charge is 0.504 e. The van der Waals surface area contributed by atoms with Gasteiger partial charge in [-0.25, -0.2) is 0 Å². The van der Waals surface area contributed by atoms with Crippen LogP contribution < -0.4 is 20.4 Å². The van der Waals surface area contributed by atoms with Crippen LogP contribution in [0.15, 0.2) is 0 Å². The van der Waals surface area contributed by atoms with E-state index in [1.54, 1.807) is 15.7 Å². The number of ether oxygens (including phenoxy) is 2. The third-order valence-corrected chi connectivity index (χ3v) is 5.15. The first-order chi connectivity index (χ1) is 11.1. The second-order valence-corrected chi connectivity index (χ2v) is 8.35. The highest BCUT2D eigenvalue weighted by Crippen LogP contribution is 2.44. The molecule has 0 aliphatic carbocycles. The molecule has 0 spiro atoms. The maximum Gasteiger partial charge on any atom is 0.310 e. The van der Waals surface area contributed by atoms with Crippen molar-refractivity contribution in [3.05, 3.63) is 5.56 Å². The number of hydrogen-bond donors (Lipinski definition) is 2. The molecule has 6 nitrogen and oxygen atoms in total. The Kier molecular flexibility index (Phi) is 4.67. The van der Waals surface area contributed by atoms with Gasteiger partial charge in [0.1, 0.15) is 47.1 Å². The summed E-state index contributed by atoms with van der Waals surface area (Å²) < 4.78 is 10.7. The van der Waals surface area contributed by atoms with E-state index in [1.165, 1.54) is 7.85 Å². The Morgan fingerprint density at radius 1 is 1.12 bits per heavy atom. The van der Waals surface area contributed by atoms with Gasteiger partial charge in [0.2, 0.25) is 5.75 Å². The van der Waals surface area contributed by atoms with Crippen molar-refractivity contribution < 1.29 is 24.5 Å². The number of carbonyl (C=O) groups is 1. The molecule has 1 aromatic rings. The molecule has 2 unspecified atom stereocenters. The number of aromatic hydroxyl groups is 1. The van der Waals surface area contributed by atoms with Crippen molar-refractivity contribution in [3.63, 3.8) is 0 Å². The minimum Gasteiger partial charge on any atom is -0.504 e. The third-order valence-electron chi connectivity index (χ3n) is 5.15. The lowest BCUT2D eigenvalue weighted by molar-refractivity contribution is -0.178. The van der Waals surface area contributed by atoms with Crippen LogP contribution in [0.5, 0.6) is 17.2 Å². The highest BCUT2D eigenvalue weighted by molar-refractivity contribution is 6.60. The van der Waals surface area contributed by atoms with Crippen LogP contribution in [0.4, 0.5) is 0 Å². The summed E-state index contributed by atoms with van der Waals surface area (Å²) in [4.78, 5) is 15.3. The molecule has 0 amide bonds. The van der Waals surface area contributed by atoms with Gasteiger partial charge in [0.05, 0.1) is 5.56 Å². The van der Waals surface area contributed by atoms with Crippen LogP contribution in [0, 0.1) is 0 Å². The van der Waals surface area contributed by atoms with Crippen LogP contribution in [0.25, 0.3) is 0 Å². The Morgan fingerprint density at radius 2 is 1.60 bits per heavy atom. The number of hydrogen-bond acceptors (Lipinski definition) is 6. The van der Waals surface area contributed by atoms with Crippen LogP contribution in [0.3, 0.4) is 0 Å². The minimum atomic E-state index is -1.86. The van der Waals surface area contributed by atoms with Gasteiger partial charge >= 0.3 is 5.87 Å². The fourth-order valence-electron chi connectivity index (χ4n) is 3.12. The fraction of sp³-hybridized carbons (Fsp3) is 0.417. The molecular weight excluding hydrogens is 314 g/mol. The standard InChI is InChI=1S/C12H22B7NO5/c1-10(15,20(2)11(16,17)18)9(22)3-4(13)5(14)7-8(6(3)21)25-12(19,23)24-7/h21,23H,13-19H2,1-2H3. The number of aliphatic hydroxyl groups is 1. The SMILES string of the molecule is Bc1c(B)c(C(=O)C(B)(C)N(C)C(B)(B)B)c(O)c2c1OC(B)(O)O2. The van der Waals surface area contributed by atoms with E-state index in [2.05, 4.69) is 0 Å². The second kappa shape index (κ2) is 5.84. The second-order valence-electron chi connectivity index (χ2n) is 8.35. The molecule has 0 radical (unpaired) electrons. The Morgan fingerprint density at radius 3 is 2.08 bits per heavy atom. The number of likely N-dealkylation sites (N-methyl/N-ethyl adjacent to an activating group) is 1. The number of phenols is 1. The molecule has 0 aromatic heterocycles. The summed E-state index contributed by atoms with van der Waals surface area (Å²) in [5.41, 5.74) is 0.600. The Hall–Kier alpha value is -1.34. The molecule has 126 valence electrons. The Bertz CT molecular complexity index is 747. The molecule has 2 N–H and O–H groups in total. The lowest BCUT2D eigenvalue weighted by atomic mass is 9.46. The Labute approximate surface area is 154 Å². The van der Waals surface area contributed by atoms with Gasteiger partial charge in [0.15, 0.2) is 17.3 Å². The van der Waals surface area contributed by atoms with E-state index < -0.39 is 11.3 Å². The third kappa shape index (κ3) is 3.24. The van der Waals surface area contributed by atoms with Gasteiger partial charge < -0.3 is 24.6 Å². The Balaban J connectivity index is 2.62. The molecule has 0 bridgehead atoms. The molecule has 1 aliphatic rings. The summed E-state index contributed by atoms with van der Waals surface area (Å²) >= 11 is 0. The smallest absolute Gasteiger partial charge is 0.310 e. The number of ketones is 1. The van der Waals surface area contributed by atoms with Crippen LogP contribution in [-0.4, -0.2) is 99.4 Å². The molecular formula is C12H22B7NO5. The van der Waals surface area contributed by atoms with Gasteiger partial charge in [-0.3, -0.25) is 4.79 Å². The van der Waals surface area contributed by atoms with Crippen LogP contribution in [-0.2, 0) is 0 Å². The zero-order valence-corrected chi connectivity index (χ0v) is 16.6. The summed E-state index contributed by atoms with van der Waals surface area (Å²) in [5.74, 6) is -2.11. The number of carbonyl (C=O) groups excluding carboxylic acids is 1. The van der Waals surface area contributed by atoms with Crippen molar-refractivity contribution in [2.45, 2.75) is 23.5 Å². The van der Waals surface area contributed by atoms with Gasteiger partial charge in [-0.15, -0.1) is 0 Å². The van der Waals surface area contributed by atoms with E-state index in [-0.39, 0.29) is 33.8 Å². The van der Waals surface area contributed by atoms with Gasteiger partial charge in [-0.05, 0) is 19.4 Å². The van der Waals surface area contributed by atoms with Crippen molar-refractivity contribution in [3.8, 4) is 17.2 Å². The molecule has 0 saturated carbocycles. The predicted octanol–water partition coefficient (Wildman–Crippen LogP) is -8.11. The molecule has 13 heteroatoms. The summed E-state index contributed by atoms with van der Waals surface area (Å²) in [5, 5.41) is 20.5. The van der Waals surface area contributed by atoms with Gasteiger partial charge in [0, 0.05) is 5.44 Å². The van der Waals surface area contributed by atoms with Crippen LogP contribution in [0.2, 0.25) is 0 Å². The number of phenolic OH excluding ortho intramolecular Hbond substituents is 1. The minimum absolute atomic E-state index is 0.00524. The zero-order valence-electron chi connectivity index (χ0n) is 16.6. The number of fused-ring (bicyclic) bond motifs is 1. The predicted molar refractivity (Wildman–Crippen MR) is 117 cm³/mol. The monoisotopic (exact) mass is 337 g/mol. The lowest BCUT2D eigenvalue weighted by Gasteiger charge is -2.44. The number of benzene rings is 1. The van der Waals surface area contributed by atoms with Crippen LogP contribution >= 0.6 is 0 Å². The number of Topliss-reactive ketones (excluding diaryl/α,β-unsaturated/α-hetero) is 1. The summed E-state index contributed by atoms with van der Waals surface area (Å²) in [6, 6.07) is 0. The summed E-state index contributed by atoms with van der Waals surface area (Å²) in [6.45, 7) is 1.83. The first-order valence-electron chi connectivity index (χ1n) is 8.36. The van der Waals surface area contributed by atoms with E-state index in [4.69, 9.17) is 9.47 Å². The molecule has 2 rings (SSSR count). The van der Waals surface area contributed by atoms with Crippen molar-refractivity contribution >= 4 is 71.6 Å². The van der Waals surface area contributed by atoms with E-state index in [0.717, 1.165) is 0 Å². The van der Waals surface area contributed by atoms with Crippen molar-refractivity contribution in [2.24, 2.45) is 0 Å². The molecule has 1 aliphatic heterocycles. The van der Waals surface area contributed by atoms with Crippen molar-refractivity contribution in [2.75, 3.05) is 7.05 Å². The van der Waals surface area contributed by atoms with Gasteiger partial charge in [-0.1, -0.05) is 10.7 Å². The van der Waals surface area contributed by atoms with Crippen LogP contribution in [0.1, 0.15) is 17.3 Å². The molecule has 0 saturated heterocycles. The first kappa shape index (κ1) is 20.0. The number of nitrogens with zero attached hydrogens (tertiary/aromatic N) is 1. The zero-order chi connectivity index (χ0) is 19.5. The van der Waals surface area contributed by atoms with E-state index in [9.17, 15) is 15.0 Å². The quantitative estimate of drug-likeness (QED) is 0.420. The number of rotatable bonds is 4. The first-order valence-corrected chi connectivity index (χ1v) is 8.36. The van der Waals surface area contributed by atoms with Crippen molar-refractivity contribution in [1.29, 1.82) is 0 Å². The van der Waals surface area contributed by atoms with E-state index >= 15 is 0 Å². The maximum absolute atomic E-state index is 13.3. The molecule has 25 heavy (non-hydrogen) atoms. The maximum atomic E-state index is 13.3. The molecule has 0 fully saturated rings. The summed E-state index contributed by atoms with van der Waals surface area (Å²) in [6.07, 6.45) is 0. The highest BCUT2D eigenvalue weighted by atomic mass is 16.8. The lowest BCUT2D eigenvalue weighted by Crippen LogP contribution is -2.63. The molecule has 1 aromatic carbocycles. The molecule has 2 atom stereocenters. The van der Waals surface area contributed by atoms with Gasteiger partial charge in [0.25, 0.3) is 7.85 Å². The molecule has 1 heterocycles. The van der Waals surface area contributed by atoms with Crippen molar-refractivity contribution in [1.82, 2.24) is 4.90 Å². The topological polar surface area (TPSA) is 79.2 Å². The normalized spacial score (nSPS) is 21.9. The van der Waals surface area contributed by atoms with E-state index in [1.807, 2.05) is 50.3 Å².